The first-order valence-corrected chi connectivity index (χ1v) is 8.41. The van der Waals surface area contributed by atoms with Gasteiger partial charge in [-0.2, -0.15) is 0 Å². The van der Waals surface area contributed by atoms with Crippen LogP contribution in [0.4, 0.5) is 5.69 Å². The van der Waals surface area contributed by atoms with E-state index in [1.807, 2.05) is 74.5 Å². The first kappa shape index (κ1) is 21.7. The largest absolute Gasteiger partial charge is 0.346 e. The van der Waals surface area contributed by atoms with Gasteiger partial charge >= 0.3 is 0 Å². The van der Waals surface area contributed by atoms with E-state index >= 15 is 0 Å². The number of para-hydroxylation sites is 1. The summed E-state index contributed by atoms with van der Waals surface area (Å²) in [7, 11) is 0. The maximum Gasteiger partial charge on any atom is 0.246 e. The lowest BCUT2D eigenvalue weighted by atomic mass is 10.1. The average Bonchev–Trinajstić information content (AvgIpc) is 2.64. The smallest absolute Gasteiger partial charge is 0.246 e. The maximum absolute atomic E-state index is 12.7. The van der Waals surface area contributed by atoms with Crippen molar-refractivity contribution in [2.24, 2.45) is 11.7 Å². The minimum absolute atomic E-state index is 0. The molecule has 2 amide bonds. The molecule has 0 aromatic heterocycles. The molecule has 0 spiro atoms. The van der Waals surface area contributed by atoms with Gasteiger partial charge in [-0.05, 0) is 23.6 Å². The summed E-state index contributed by atoms with van der Waals surface area (Å²) in [6, 6.07) is 18.6. The SMILES string of the molecule is CC(C)[C@H](N)C(=O)NCC(=O)N(Cc1ccccc1)c1ccccc1.Cl. The van der Waals surface area contributed by atoms with Crippen molar-refractivity contribution in [3.05, 3.63) is 66.2 Å². The van der Waals surface area contributed by atoms with Crippen LogP contribution in [0, 0.1) is 5.92 Å². The fraction of sp³-hybridized carbons (Fsp3) is 0.300. The molecule has 0 bridgehead atoms. The average molecular weight is 376 g/mol. The molecule has 2 aromatic rings. The third kappa shape index (κ3) is 6.17. The number of halogens is 1. The predicted octanol–water partition coefficient (Wildman–Crippen LogP) is 2.74. The number of amides is 2. The molecule has 0 aliphatic rings. The molecule has 3 N–H and O–H groups in total. The fourth-order valence-corrected chi connectivity index (χ4v) is 2.38. The second-order valence-corrected chi connectivity index (χ2v) is 6.29. The number of carbonyl (C=O) groups is 2. The summed E-state index contributed by atoms with van der Waals surface area (Å²) in [5.41, 5.74) is 7.63. The molecule has 0 saturated heterocycles. The van der Waals surface area contributed by atoms with Crippen LogP contribution in [0.15, 0.2) is 60.7 Å². The van der Waals surface area contributed by atoms with Gasteiger partial charge in [-0.15, -0.1) is 12.4 Å². The van der Waals surface area contributed by atoms with Crippen LogP contribution in [0.3, 0.4) is 0 Å². The topological polar surface area (TPSA) is 75.4 Å². The van der Waals surface area contributed by atoms with Gasteiger partial charge in [0.15, 0.2) is 0 Å². The Kier molecular flexibility index (Phi) is 8.82. The van der Waals surface area contributed by atoms with E-state index in [0.717, 1.165) is 11.3 Å². The number of benzene rings is 2. The molecule has 0 aliphatic carbocycles. The molecule has 140 valence electrons. The van der Waals surface area contributed by atoms with Crippen molar-refractivity contribution in [2.75, 3.05) is 11.4 Å². The molecule has 2 rings (SSSR count). The third-order valence-electron chi connectivity index (χ3n) is 3.99. The number of anilines is 1. The summed E-state index contributed by atoms with van der Waals surface area (Å²) in [4.78, 5) is 26.4. The standard InChI is InChI=1S/C20H25N3O2.ClH/c1-15(2)19(21)20(25)22-13-18(24)23(17-11-7-4-8-12-17)14-16-9-5-3-6-10-16;/h3-12,15,19H,13-14,21H2,1-2H3,(H,22,25);1H/t19-;/m0./s1. The van der Waals surface area contributed by atoms with E-state index in [1.165, 1.54) is 0 Å². The zero-order valence-corrected chi connectivity index (χ0v) is 15.9. The molecular formula is C20H26ClN3O2. The molecule has 0 heterocycles. The Balaban J connectivity index is 0.00000338. The van der Waals surface area contributed by atoms with Gasteiger partial charge in [0, 0.05) is 5.69 Å². The lowest BCUT2D eigenvalue weighted by Crippen LogP contribution is -2.47. The van der Waals surface area contributed by atoms with E-state index in [1.54, 1.807) is 4.90 Å². The number of hydrogen-bond acceptors (Lipinski definition) is 3. The highest BCUT2D eigenvalue weighted by Crippen LogP contribution is 2.17. The Morgan fingerprint density at radius 1 is 1.00 bits per heavy atom. The highest BCUT2D eigenvalue weighted by Gasteiger charge is 2.20. The van der Waals surface area contributed by atoms with Crippen LogP contribution >= 0.6 is 12.4 Å². The molecule has 0 radical (unpaired) electrons. The highest BCUT2D eigenvalue weighted by molar-refractivity contribution is 5.97. The lowest BCUT2D eigenvalue weighted by Gasteiger charge is -2.24. The van der Waals surface area contributed by atoms with Crippen LogP contribution in [-0.4, -0.2) is 24.4 Å². The summed E-state index contributed by atoms with van der Waals surface area (Å²) in [6.07, 6.45) is 0. The van der Waals surface area contributed by atoms with Gasteiger partial charge in [-0.1, -0.05) is 62.4 Å². The normalized spacial score (nSPS) is 11.4. The Morgan fingerprint density at radius 2 is 1.54 bits per heavy atom. The van der Waals surface area contributed by atoms with Crippen molar-refractivity contribution in [1.82, 2.24) is 5.32 Å². The van der Waals surface area contributed by atoms with Crippen molar-refractivity contribution in [3.8, 4) is 0 Å². The predicted molar refractivity (Wildman–Crippen MR) is 107 cm³/mol. The van der Waals surface area contributed by atoms with E-state index in [4.69, 9.17) is 5.73 Å². The zero-order valence-electron chi connectivity index (χ0n) is 15.1. The van der Waals surface area contributed by atoms with Crippen LogP contribution in [0.25, 0.3) is 0 Å². The van der Waals surface area contributed by atoms with Gasteiger partial charge in [0.05, 0.1) is 19.1 Å². The van der Waals surface area contributed by atoms with Crippen molar-refractivity contribution in [3.63, 3.8) is 0 Å². The summed E-state index contributed by atoms with van der Waals surface area (Å²) < 4.78 is 0. The van der Waals surface area contributed by atoms with Crippen molar-refractivity contribution >= 4 is 29.9 Å². The first-order valence-electron chi connectivity index (χ1n) is 8.41. The Morgan fingerprint density at radius 3 is 2.08 bits per heavy atom. The van der Waals surface area contributed by atoms with Gasteiger partial charge in [-0.3, -0.25) is 9.59 Å². The van der Waals surface area contributed by atoms with Gasteiger partial charge in [0.25, 0.3) is 0 Å². The molecule has 0 unspecified atom stereocenters. The Bertz CT molecular complexity index is 693. The van der Waals surface area contributed by atoms with Crippen molar-refractivity contribution in [1.29, 1.82) is 0 Å². The van der Waals surface area contributed by atoms with Gasteiger partial charge in [0.1, 0.15) is 0 Å². The minimum atomic E-state index is -0.618. The van der Waals surface area contributed by atoms with E-state index in [2.05, 4.69) is 5.32 Å². The Labute approximate surface area is 161 Å². The van der Waals surface area contributed by atoms with Crippen LogP contribution in [0.2, 0.25) is 0 Å². The number of carbonyl (C=O) groups excluding carboxylic acids is 2. The second-order valence-electron chi connectivity index (χ2n) is 6.29. The molecule has 0 fully saturated rings. The van der Waals surface area contributed by atoms with Crippen molar-refractivity contribution < 1.29 is 9.59 Å². The van der Waals surface area contributed by atoms with Crippen LogP contribution < -0.4 is 16.0 Å². The zero-order chi connectivity index (χ0) is 18.2. The molecule has 0 saturated carbocycles. The van der Waals surface area contributed by atoms with Crippen LogP contribution in [-0.2, 0) is 16.1 Å². The molecule has 26 heavy (non-hydrogen) atoms. The third-order valence-corrected chi connectivity index (χ3v) is 3.99. The van der Waals surface area contributed by atoms with E-state index in [-0.39, 0.29) is 36.7 Å². The molecular weight excluding hydrogens is 350 g/mol. The first-order chi connectivity index (χ1) is 12.0. The summed E-state index contributed by atoms with van der Waals surface area (Å²) in [6.45, 7) is 4.10. The lowest BCUT2D eigenvalue weighted by molar-refractivity contribution is -0.126. The van der Waals surface area contributed by atoms with Crippen molar-refractivity contribution in [2.45, 2.75) is 26.4 Å². The highest BCUT2D eigenvalue weighted by atomic mass is 35.5. The van der Waals surface area contributed by atoms with Gasteiger partial charge in [-0.25, -0.2) is 0 Å². The number of rotatable bonds is 7. The van der Waals surface area contributed by atoms with Gasteiger partial charge in [0.2, 0.25) is 11.8 Å². The molecule has 2 aromatic carbocycles. The molecule has 5 nitrogen and oxygen atoms in total. The minimum Gasteiger partial charge on any atom is -0.346 e. The van der Waals surface area contributed by atoms with E-state index in [9.17, 15) is 9.59 Å². The monoisotopic (exact) mass is 375 g/mol. The van der Waals surface area contributed by atoms with E-state index in [0.29, 0.717) is 6.54 Å². The molecule has 1 atom stereocenters. The summed E-state index contributed by atoms with van der Waals surface area (Å²) in [5.74, 6) is -0.472. The van der Waals surface area contributed by atoms with Gasteiger partial charge < -0.3 is 16.0 Å². The molecule has 6 heteroatoms. The van der Waals surface area contributed by atoms with Crippen LogP contribution in [0.1, 0.15) is 19.4 Å². The maximum atomic E-state index is 12.7. The van der Waals surface area contributed by atoms with E-state index < -0.39 is 6.04 Å². The number of nitrogens with one attached hydrogen (secondary N) is 1. The summed E-state index contributed by atoms with van der Waals surface area (Å²) >= 11 is 0. The number of nitrogens with two attached hydrogens (primary N) is 1. The summed E-state index contributed by atoms with van der Waals surface area (Å²) in [5, 5.41) is 2.64. The Hall–Kier alpha value is -2.37. The fourth-order valence-electron chi connectivity index (χ4n) is 2.38. The van der Waals surface area contributed by atoms with Crippen LogP contribution in [0.5, 0.6) is 0 Å². The number of hydrogen-bond donors (Lipinski definition) is 2. The number of nitrogens with zero attached hydrogens (tertiary/aromatic N) is 1. The molecule has 0 aliphatic heterocycles. The quantitative estimate of drug-likeness (QED) is 0.781. The second kappa shape index (κ2) is 10.6.